The van der Waals surface area contributed by atoms with Crippen LogP contribution in [0.4, 0.5) is 18.9 Å². The third-order valence-electron chi connectivity index (χ3n) is 3.60. The highest BCUT2D eigenvalue weighted by molar-refractivity contribution is 5.90. The first kappa shape index (κ1) is 14.9. The molecule has 0 saturated heterocycles. The van der Waals surface area contributed by atoms with Gasteiger partial charge in [0, 0.05) is 18.2 Å². The summed E-state index contributed by atoms with van der Waals surface area (Å²) in [5.74, 6) is 0.127. The standard InChI is InChI=1S/C15H17F3NO/c16-15(17,18)12-7-4-8-13(10-12)19-14(20)9-11-5-2-1-3-6-11/h4,7,10-11H,1-3,5-6,9H2,(H,19,20). The Morgan fingerprint density at radius 1 is 1.30 bits per heavy atom. The van der Waals surface area contributed by atoms with Crippen molar-refractivity contribution in [3.05, 3.63) is 29.8 Å². The van der Waals surface area contributed by atoms with E-state index in [-0.39, 0.29) is 11.6 Å². The fraction of sp³-hybridized carbons (Fsp3) is 0.533. The molecule has 2 nitrogen and oxygen atoms in total. The van der Waals surface area contributed by atoms with Crippen molar-refractivity contribution in [2.24, 2.45) is 5.92 Å². The molecule has 20 heavy (non-hydrogen) atoms. The van der Waals surface area contributed by atoms with Gasteiger partial charge in [-0.25, -0.2) is 0 Å². The second-order valence-electron chi connectivity index (χ2n) is 5.25. The quantitative estimate of drug-likeness (QED) is 0.875. The molecule has 2 rings (SSSR count). The fourth-order valence-electron chi connectivity index (χ4n) is 2.57. The molecule has 1 aromatic carbocycles. The lowest BCUT2D eigenvalue weighted by Gasteiger charge is -2.20. The van der Waals surface area contributed by atoms with E-state index in [4.69, 9.17) is 0 Å². The van der Waals surface area contributed by atoms with Gasteiger partial charge in [0.15, 0.2) is 0 Å². The molecule has 1 radical (unpaired) electrons. The highest BCUT2D eigenvalue weighted by atomic mass is 19.4. The van der Waals surface area contributed by atoms with Gasteiger partial charge >= 0.3 is 6.18 Å². The van der Waals surface area contributed by atoms with E-state index in [1.54, 1.807) is 0 Å². The summed E-state index contributed by atoms with van der Waals surface area (Å²) in [5, 5.41) is 2.51. The summed E-state index contributed by atoms with van der Waals surface area (Å²) in [7, 11) is 0. The van der Waals surface area contributed by atoms with E-state index in [1.165, 1.54) is 12.5 Å². The Balaban J connectivity index is 1.93. The molecule has 0 unspecified atom stereocenters. The predicted octanol–water partition coefficient (Wildman–Crippen LogP) is 4.41. The summed E-state index contributed by atoms with van der Waals surface area (Å²) in [6.45, 7) is 0. The maximum atomic E-state index is 12.6. The average molecular weight is 284 g/mol. The SMILES string of the molecule is O=C(CC1CCCCC1)Nc1[c]ccc(C(F)(F)F)c1. The van der Waals surface area contributed by atoms with Crippen molar-refractivity contribution in [2.45, 2.75) is 44.7 Å². The fourth-order valence-corrected chi connectivity index (χ4v) is 2.57. The lowest BCUT2D eigenvalue weighted by molar-refractivity contribution is -0.137. The van der Waals surface area contributed by atoms with Gasteiger partial charge in [0.1, 0.15) is 0 Å². The number of benzene rings is 1. The number of alkyl halides is 3. The summed E-state index contributed by atoms with van der Waals surface area (Å²) in [6.07, 6.45) is 1.50. The Labute approximate surface area is 116 Å². The molecule has 1 aliphatic rings. The molecule has 1 fully saturated rings. The van der Waals surface area contributed by atoms with Crippen molar-refractivity contribution in [3.8, 4) is 0 Å². The van der Waals surface area contributed by atoms with Gasteiger partial charge in [-0.2, -0.15) is 13.2 Å². The second kappa shape index (κ2) is 6.29. The van der Waals surface area contributed by atoms with Crippen LogP contribution in [0.1, 0.15) is 44.1 Å². The van der Waals surface area contributed by atoms with E-state index in [0.29, 0.717) is 12.3 Å². The molecule has 0 aromatic heterocycles. The predicted molar refractivity (Wildman–Crippen MR) is 70.1 cm³/mol. The van der Waals surface area contributed by atoms with Crippen LogP contribution in [0.3, 0.4) is 0 Å². The van der Waals surface area contributed by atoms with Crippen LogP contribution in [0.2, 0.25) is 0 Å². The van der Waals surface area contributed by atoms with Gasteiger partial charge in [0.2, 0.25) is 5.91 Å². The van der Waals surface area contributed by atoms with Gasteiger partial charge in [-0.15, -0.1) is 0 Å². The molecule has 1 amide bonds. The zero-order valence-electron chi connectivity index (χ0n) is 11.1. The zero-order valence-corrected chi connectivity index (χ0v) is 11.1. The zero-order chi connectivity index (χ0) is 14.6. The van der Waals surface area contributed by atoms with Crippen LogP contribution in [0.5, 0.6) is 0 Å². The largest absolute Gasteiger partial charge is 0.416 e. The van der Waals surface area contributed by atoms with Gasteiger partial charge in [-0.3, -0.25) is 4.79 Å². The topological polar surface area (TPSA) is 29.1 Å². The molecule has 5 heteroatoms. The lowest BCUT2D eigenvalue weighted by Crippen LogP contribution is -2.18. The van der Waals surface area contributed by atoms with Gasteiger partial charge in [0.25, 0.3) is 0 Å². The highest BCUT2D eigenvalue weighted by Crippen LogP contribution is 2.31. The van der Waals surface area contributed by atoms with Crippen LogP contribution in [0.15, 0.2) is 18.2 Å². The third kappa shape index (κ3) is 4.25. The molecule has 1 N–H and O–H groups in total. The minimum absolute atomic E-state index is 0.0839. The van der Waals surface area contributed by atoms with Crippen molar-refractivity contribution in [1.82, 2.24) is 0 Å². The van der Waals surface area contributed by atoms with Crippen molar-refractivity contribution in [1.29, 1.82) is 0 Å². The van der Waals surface area contributed by atoms with Crippen molar-refractivity contribution in [3.63, 3.8) is 0 Å². The first-order valence-corrected chi connectivity index (χ1v) is 6.84. The Hall–Kier alpha value is -1.52. The first-order valence-electron chi connectivity index (χ1n) is 6.84. The van der Waals surface area contributed by atoms with Gasteiger partial charge in [-0.1, -0.05) is 25.3 Å². The van der Waals surface area contributed by atoms with E-state index in [2.05, 4.69) is 11.4 Å². The summed E-state index contributed by atoms with van der Waals surface area (Å²) in [5.41, 5.74) is -0.690. The van der Waals surface area contributed by atoms with Crippen molar-refractivity contribution >= 4 is 11.6 Å². The van der Waals surface area contributed by atoms with Crippen LogP contribution in [-0.2, 0) is 11.0 Å². The second-order valence-corrected chi connectivity index (χ2v) is 5.25. The number of carbonyl (C=O) groups is 1. The molecule has 1 saturated carbocycles. The molecule has 0 atom stereocenters. The van der Waals surface area contributed by atoms with E-state index >= 15 is 0 Å². The monoisotopic (exact) mass is 284 g/mol. The summed E-state index contributed by atoms with van der Waals surface area (Å²) in [4.78, 5) is 11.8. The minimum atomic E-state index is -4.40. The number of anilines is 1. The number of hydrogen-bond acceptors (Lipinski definition) is 1. The molecule has 0 aliphatic heterocycles. The molecule has 0 heterocycles. The van der Waals surface area contributed by atoms with Crippen LogP contribution >= 0.6 is 0 Å². The third-order valence-corrected chi connectivity index (χ3v) is 3.60. The van der Waals surface area contributed by atoms with Crippen LogP contribution in [-0.4, -0.2) is 5.91 Å². The van der Waals surface area contributed by atoms with Gasteiger partial charge in [0.05, 0.1) is 5.56 Å². The van der Waals surface area contributed by atoms with Crippen LogP contribution in [0.25, 0.3) is 0 Å². The van der Waals surface area contributed by atoms with E-state index in [1.807, 2.05) is 0 Å². The number of amides is 1. The van der Waals surface area contributed by atoms with Gasteiger partial charge in [-0.05, 0) is 30.9 Å². The Morgan fingerprint density at radius 2 is 2.00 bits per heavy atom. The van der Waals surface area contributed by atoms with E-state index in [0.717, 1.165) is 37.8 Å². The first-order chi connectivity index (χ1) is 9.45. The number of carbonyl (C=O) groups excluding carboxylic acids is 1. The number of nitrogens with one attached hydrogen (secondary N) is 1. The maximum absolute atomic E-state index is 12.6. The molecular formula is C15H17F3NO. The lowest BCUT2D eigenvalue weighted by atomic mass is 9.87. The average Bonchev–Trinajstić information content (AvgIpc) is 2.39. The molecule has 109 valence electrons. The van der Waals surface area contributed by atoms with Crippen molar-refractivity contribution in [2.75, 3.05) is 5.32 Å². The smallest absolute Gasteiger partial charge is 0.325 e. The molecule has 1 aromatic rings. The van der Waals surface area contributed by atoms with E-state index < -0.39 is 11.7 Å². The Bertz CT molecular complexity index is 464. The highest BCUT2D eigenvalue weighted by Gasteiger charge is 2.30. The number of hydrogen-bond donors (Lipinski definition) is 1. The minimum Gasteiger partial charge on any atom is -0.325 e. The summed E-state index contributed by atoms with van der Waals surface area (Å²) >= 11 is 0. The molecular weight excluding hydrogens is 267 g/mol. The van der Waals surface area contributed by atoms with Crippen LogP contribution < -0.4 is 5.32 Å². The van der Waals surface area contributed by atoms with Crippen LogP contribution in [0, 0.1) is 12.0 Å². The molecule has 0 spiro atoms. The van der Waals surface area contributed by atoms with Crippen molar-refractivity contribution < 1.29 is 18.0 Å². The maximum Gasteiger partial charge on any atom is 0.416 e. The normalized spacial score (nSPS) is 16.9. The van der Waals surface area contributed by atoms with Gasteiger partial charge < -0.3 is 5.32 Å². The Kier molecular flexibility index (Phi) is 4.68. The molecule has 0 bridgehead atoms. The number of rotatable bonds is 3. The van der Waals surface area contributed by atoms with E-state index in [9.17, 15) is 18.0 Å². The summed E-state index contributed by atoms with van der Waals surface area (Å²) in [6, 6.07) is 5.65. The summed E-state index contributed by atoms with van der Waals surface area (Å²) < 4.78 is 37.7. The number of halogens is 3. The Morgan fingerprint density at radius 3 is 2.65 bits per heavy atom. The molecule has 1 aliphatic carbocycles.